The summed E-state index contributed by atoms with van der Waals surface area (Å²) < 4.78 is 0. The van der Waals surface area contributed by atoms with Crippen molar-refractivity contribution in [3.8, 4) is 0 Å². The molecule has 0 saturated carbocycles. The van der Waals surface area contributed by atoms with Crippen molar-refractivity contribution in [1.82, 2.24) is 4.98 Å². The fourth-order valence-electron chi connectivity index (χ4n) is 1.95. The number of benzene rings is 1. The van der Waals surface area contributed by atoms with Gasteiger partial charge in [-0.25, -0.2) is 0 Å². The Bertz CT molecular complexity index is 595. The molecule has 2 amide bonds. The molecule has 0 atom stereocenters. The number of hydrogen-bond acceptors (Lipinski definition) is 3. The smallest absolute Gasteiger partial charge is 0.249 e. The summed E-state index contributed by atoms with van der Waals surface area (Å²) in [7, 11) is 0. The summed E-state index contributed by atoms with van der Waals surface area (Å²) in [5.41, 5.74) is 12.7. The number of carbonyl (C=O) groups excluding carboxylic acids is 2. The van der Waals surface area contributed by atoms with Crippen molar-refractivity contribution in [2.45, 2.75) is 6.42 Å². The van der Waals surface area contributed by atoms with Crippen LogP contribution >= 0.6 is 0 Å². The van der Waals surface area contributed by atoms with Crippen molar-refractivity contribution in [2.75, 3.05) is 0 Å². The van der Waals surface area contributed by atoms with E-state index in [9.17, 15) is 9.59 Å². The van der Waals surface area contributed by atoms with Gasteiger partial charge in [0.15, 0.2) is 0 Å². The minimum absolute atomic E-state index is 0. The van der Waals surface area contributed by atoms with E-state index in [0.29, 0.717) is 23.1 Å². The second-order valence-corrected chi connectivity index (χ2v) is 4.10. The summed E-state index contributed by atoms with van der Waals surface area (Å²) >= 11 is 0. The Balaban J connectivity index is 0.00000200. The molecule has 1 heterocycles. The molecule has 0 bridgehead atoms. The Hall–Kier alpha value is -2.73. The molecule has 0 saturated heterocycles. The third kappa shape index (κ3) is 3.18. The summed E-state index contributed by atoms with van der Waals surface area (Å²) in [6, 6.07) is 8.40. The molecule has 1 aromatic carbocycles. The van der Waals surface area contributed by atoms with Crippen LogP contribution in [-0.2, 0) is 6.42 Å². The van der Waals surface area contributed by atoms with Gasteiger partial charge in [0, 0.05) is 29.9 Å². The molecule has 0 spiro atoms. The molecule has 2 aromatic rings. The first kappa shape index (κ1) is 15.3. The van der Waals surface area contributed by atoms with Gasteiger partial charge in [0.05, 0.1) is 0 Å². The third-order valence-corrected chi connectivity index (χ3v) is 2.81. The summed E-state index contributed by atoms with van der Waals surface area (Å²) in [5, 5.41) is 0. The van der Waals surface area contributed by atoms with Gasteiger partial charge in [0.1, 0.15) is 0 Å². The first-order valence-corrected chi connectivity index (χ1v) is 5.70. The number of nitrogens with zero attached hydrogens (tertiary/aromatic N) is 1. The number of amides is 2. The summed E-state index contributed by atoms with van der Waals surface area (Å²) in [5.74, 6) is -1.16. The SMILES string of the molecule is NC(=O)c1cccc(C(N)=O)c1Cc1cccnc1.O. The van der Waals surface area contributed by atoms with Crippen molar-refractivity contribution in [1.29, 1.82) is 0 Å². The maximum atomic E-state index is 11.4. The lowest BCUT2D eigenvalue weighted by Crippen LogP contribution is -2.20. The molecule has 6 heteroatoms. The lowest BCUT2D eigenvalue weighted by molar-refractivity contribution is 0.0999. The summed E-state index contributed by atoms with van der Waals surface area (Å²) in [6.45, 7) is 0. The molecule has 0 fully saturated rings. The normalized spacial score (nSPS) is 9.60. The van der Waals surface area contributed by atoms with Gasteiger partial charge < -0.3 is 16.9 Å². The van der Waals surface area contributed by atoms with Crippen LogP contribution in [0.15, 0.2) is 42.7 Å². The molecule has 6 nitrogen and oxygen atoms in total. The number of pyridine rings is 1. The second kappa shape index (κ2) is 6.44. The van der Waals surface area contributed by atoms with Crippen LogP contribution in [0.1, 0.15) is 31.8 Å². The van der Waals surface area contributed by atoms with Crippen molar-refractivity contribution in [3.05, 3.63) is 65.0 Å². The predicted molar refractivity (Wildman–Crippen MR) is 74.1 cm³/mol. The van der Waals surface area contributed by atoms with Gasteiger partial charge in [-0.05, 0) is 29.3 Å². The molecule has 2 rings (SSSR count). The van der Waals surface area contributed by atoms with Gasteiger partial charge in [-0.3, -0.25) is 14.6 Å². The predicted octanol–water partition coefficient (Wildman–Crippen LogP) is 0.0455. The topological polar surface area (TPSA) is 131 Å². The van der Waals surface area contributed by atoms with Crippen LogP contribution < -0.4 is 11.5 Å². The molecule has 0 aliphatic heterocycles. The van der Waals surface area contributed by atoms with E-state index in [1.54, 1.807) is 36.7 Å². The number of aromatic nitrogens is 1. The minimum Gasteiger partial charge on any atom is -0.412 e. The van der Waals surface area contributed by atoms with Gasteiger partial charge in [-0.1, -0.05) is 12.1 Å². The van der Waals surface area contributed by atoms with Gasteiger partial charge in [-0.2, -0.15) is 0 Å². The molecule has 6 N–H and O–H groups in total. The van der Waals surface area contributed by atoms with Gasteiger partial charge in [0.25, 0.3) is 0 Å². The highest BCUT2D eigenvalue weighted by Gasteiger charge is 2.16. The van der Waals surface area contributed by atoms with E-state index >= 15 is 0 Å². The van der Waals surface area contributed by atoms with Crippen LogP contribution in [-0.4, -0.2) is 22.3 Å². The monoisotopic (exact) mass is 273 g/mol. The molecule has 0 unspecified atom stereocenters. The van der Waals surface area contributed by atoms with Crippen LogP contribution in [0.3, 0.4) is 0 Å². The van der Waals surface area contributed by atoms with Crippen molar-refractivity contribution < 1.29 is 15.1 Å². The van der Waals surface area contributed by atoms with E-state index in [-0.39, 0.29) is 5.48 Å². The second-order valence-electron chi connectivity index (χ2n) is 4.10. The zero-order valence-electron chi connectivity index (χ0n) is 10.7. The van der Waals surface area contributed by atoms with Gasteiger partial charge >= 0.3 is 0 Å². The Kier molecular flexibility index (Phi) is 4.94. The third-order valence-electron chi connectivity index (χ3n) is 2.81. The van der Waals surface area contributed by atoms with Crippen LogP contribution in [0.25, 0.3) is 0 Å². The Morgan fingerprint density at radius 3 is 2.05 bits per heavy atom. The molecular formula is C14H15N3O3. The zero-order chi connectivity index (χ0) is 13.8. The van der Waals surface area contributed by atoms with E-state index in [0.717, 1.165) is 5.56 Å². The Morgan fingerprint density at radius 2 is 1.60 bits per heavy atom. The van der Waals surface area contributed by atoms with Crippen molar-refractivity contribution in [3.63, 3.8) is 0 Å². The summed E-state index contributed by atoms with van der Waals surface area (Å²) in [4.78, 5) is 26.9. The fourth-order valence-corrected chi connectivity index (χ4v) is 1.95. The van der Waals surface area contributed by atoms with E-state index in [4.69, 9.17) is 11.5 Å². The van der Waals surface area contributed by atoms with E-state index < -0.39 is 11.8 Å². The molecule has 1 aromatic heterocycles. The number of carbonyl (C=O) groups is 2. The Morgan fingerprint density at radius 1 is 1.00 bits per heavy atom. The lowest BCUT2D eigenvalue weighted by Gasteiger charge is -2.10. The standard InChI is InChI=1S/C14H13N3O2.H2O/c15-13(18)10-4-1-5-11(14(16)19)12(10)7-9-3-2-6-17-8-9;/h1-6,8H,7H2,(H2,15,18)(H2,16,19);1H2. The van der Waals surface area contributed by atoms with Crippen LogP contribution in [0.4, 0.5) is 0 Å². The Labute approximate surface area is 115 Å². The maximum absolute atomic E-state index is 11.4. The highest BCUT2D eigenvalue weighted by molar-refractivity contribution is 6.01. The molecule has 0 aliphatic carbocycles. The lowest BCUT2D eigenvalue weighted by atomic mass is 9.94. The molecule has 20 heavy (non-hydrogen) atoms. The number of hydrogen-bond donors (Lipinski definition) is 2. The zero-order valence-corrected chi connectivity index (χ0v) is 10.7. The number of rotatable bonds is 4. The molecule has 0 aliphatic rings. The van der Waals surface area contributed by atoms with Crippen LogP contribution in [0.5, 0.6) is 0 Å². The highest BCUT2D eigenvalue weighted by atomic mass is 16.1. The van der Waals surface area contributed by atoms with Crippen LogP contribution in [0, 0.1) is 0 Å². The maximum Gasteiger partial charge on any atom is 0.249 e. The summed E-state index contributed by atoms with van der Waals surface area (Å²) in [6.07, 6.45) is 3.70. The van der Waals surface area contributed by atoms with Crippen molar-refractivity contribution >= 4 is 11.8 Å². The van der Waals surface area contributed by atoms with Crippen LogP contribution in [0.2, 0.25) is 0 Å². The molecular weight excluding hydrogens is 258 g/mol. The van der Waals surface area contributed by atoms with Gasteiger partial charge in [0.2, 0.25) is 11.8 Å². The molecule has 0 radical (unpaired) electrons. The molecule has 104 valence electrons. The first-order valence-electron chi connectivity index (χ1n) is 5.70. The highest BCUT2D eigenvalue weighted by Crippen LogP contribution is 2.18. The van der Waals surface area contributed by atoms with Gasteiger partial charge in [-0.15, -0.1) is 0 Å². The average Bonchev–Trinajstić information content (AvgIpc) is 2.39. The van der Waals surface area contributed by atoms with E-state index in [2.05, 4.69) is 4.98 Å². The average molecular weight is 273 g/mol. The number of nitrogens with two attached hydrogens (primary N) is 2. The van der Waals surface area contributed by atoms with Crippen molar-refractivity contribution in [2.24, 2.45) is 11.5 Å². The number of primary amides is 2. The first-order chi connectivity index (χ1) is 9.09. The quantitative estimate of drug-likeness (QED) is 0.815. The largest absolute Gasteiger partial charge is 0.412 e. The van der Waals surface area contributed by atoms with E-state index in [1.165, 1.54) is 0 Å². The minimum atomic E-state index is -0.581. The fraction of sp³-hybridized carbons (Fsp3) is 0.0714. The van der Waals surface area contributed by atoms with E-state index in [1.807, 2.05) is 6.07 Å².